The molecule has 0 unspecified atom stereocenters. The largest absolute Gasteiger partial charge is 0.489 e. The number of pyridine rings is 1. The lowest BCUT2D eigenvalue weighted by atomic mass is 9.92. The van der Waals surface area contributed by atoms with E-state index in [0.717, 1.165) is 60.9 Å². The summed E-state index contributed by atoms with van der Waals surface area (Å²) in [4.78, 5) is 17.7. The van der Waals surface area contributed by atoms with E-state index >= 15 is 0 Å². The summed E-state index contributed by atoms with van der Waals surface area (Å²) in [5.41, 5.74) is 0.783. The van der Waals surface area contributed by atoms with Crippen molar-refractivity contribution in [3.05, 3.63) is 30.5 Å². The van der Waals surface area contributed by atoms with Crippen molar-refractivity contribution in [2.45, 2.75) is 71.0 Å². The van der Waals surface area contributed by atoms with E-state index in [9.17, 15) is 4.79 Å². The normalized spacial score (nSPS) is 16.9. The maximum Gasteiger partial charge on any atom is 0.256 e. The topological polar surface area (TPSA) is 60.5 Å². The first kappa shape index (κ1) is 19.6. The third-order valence-electron chi connectivity index (χ3n) is 5.09. The van der Waals surface area contributed by atoms with Gasteiger partial charge in [0.2, 0.25) is 0 Å². The molecule has 1 amide bonds. The molecule has 1 saturated carbocycles. The van der Waals surface area contributed by atoms with Crippen molar-refractivity contribution in [3.63, 3.8) is 0 Å². The van der Waals surface area contributed by atoms with Gasteiger partial charge in [-0.05, 0) is 57.9 Å². The van der Waals surface area contributed by atoms with E-state index in [0.29, 0.717) is 6.61 Å². The van der Waals surface area contributed by atoms with Crippen LogP contribution in [-0.4, -0.2) is 29.2 Å². The van der Waals surface area contributed by atoms with Crippen LogP contribution in [0.15, 0.2) is 30.5 Å². The number of amides is 1. The quantitative estimate of drug-likeness (QED) is 0.720. The van der Waals surface area contributed by atoms with Crippen LogP contribution < -0.4 is 10.1 Å². The molecule has 1 aliphatic rings. The number of fused-ring (bicyclic) bond motifs is 1. The van der Waals surface area contributed by atoms with Crippen LogP contribution in [0, 0.1) is 0 Å². The standard InChI is InChI=1S/C22H30N2O3/c1-4-26-22(13-7-5-6-8-14-22)21(25)24-18-11-12-19(27-16(2)3)20-17(18)10-9-15-23-20/h9-12,15-16H,4-8,13-14H2,1-3H3,(H,24,25). The summed E-state index contributed by atoms with van der Waals surface area (Å²) in [5.74, 6) is 0.682. The molecule has 1 aromatic heterocycles. The molecule has 1 heterocycles. The average Bonchev–Trinajstić information content (AvgIpc) is 2.90. The van der Waals surface area contributed by atoms with Gasteiger partial charge in [-0.2, -0.15) is 0 Å². The van der Waals surface area contributed by atoms with E-state index in [4.69, 9.17) is 9.47 Å². The van der Waals surface area contributed by atoms with E-state index in [1.54, 1.807) is 6.20 Å². The Bertz CT molecular complexity index is 780. The van der Waals surface area contributed by atoms with E-state index < -0.39 is 5.60 Å². The van der Waals surface area contributed by atoms with Gasteiger partial charge in [0, 0.05) is 18.2 Å². The number of anilines is 1. The zero-order valence-electron chi connectivity index (χ0n) is 16.6. The molecule has 1 aromatic carbocycles. The Morgan fingerprint density at radius 3 is 2.59 bits per heavy atom. The fourth-order valence-electron chi connectivity index (χ4n) is 3.85. The first-order valence-electron chi connectivity index (χ1n) is 10.1. The summed E-state index contributed by atoms with van der Waals surface area (Å²) < 4.78 is 11.9. The van der Waals surface area contributed by atoms with Crippen molar-refractivity contribution in [1.29, 1.82) is 0 Å². The van der Waals surface area contributed by atoms with Crippen molar-refractivity contribution in [1.82, 2.24) is 4.98 Å². The number of carbonyl (C=O) groups is 1. The Morgan fingerprint density at radius 1 is 1.19 bits per heavy atom. The molecule has 0 radical (unpaired) electrons. The van der Waals surface area contributed by atoms with Gasteiger partial charge in [0.1, 0.15) is 16.9 Å². The molecule has 0 saturated heterocycles. The lowest BCUT2D eigenvalue weighted by molar-refractivity contribution is -0.143. The molecule has 0 bridgehead atoms. The molecule has 3 rings (SSSR count). The first-order chi connectivity index (χ1) is 13.1. The Hall–Kier alpha value is -2.14. The lowest BCUT2D eigenvalue weighted by Gasteiger charge is -2.31. The highest BCUT2D eigenvalue weighted by Crippen LogP contribution is 2.34. The molecule has 2 aromatic rings. The van der Waals surface area contributed by atoms with E-state index in [2.05, 4.69) is 10.3 Å². The number of carbonyl (C=O) groups excluding carboxylic acids is 1. The molecule has 1 N–H and O–H groups in total. The summed E-state index contributed by atoms with van der Waals surface area (Å²) in [7, 11) is 0. The highest BCUT2D eigenvalue weighted by molar-refractivity contribution is 6.05. The molecule has 5 heteroatoms. The van der Waals surface area contributed by atoms with E-state index in [-0.39, 0.29) is 12.0 Å². The zero-order chi connectivity index (χ0) is 19.3. The van der Waals surface area contributed by atoms with Gasteiger partial charge in [0.25, 0.3) is 5.91 Å². The van der Waals surface area contributed by atoms with Crippen molar-refractivity contribution < 1.29 is 14.3 Å². The summed E-state index contributed by atoms with van der Waals surface area (Å²) in [5, 5.41) is 4.01. The number of ether oxygens (including phenoxy) is 2. The van der Waals surface area contributed by atoms with Crippen LogP contribution in [0.2, 0.25) is 0 Å². The van der Waals surface area contributed by atoms with Crippen molar-refractivity contribution in [2.24, 2.45) is 0 Å². The van der Waals surface area contributed by atoms with Crippen molar-refractivity contribution >= 4 is 22.5 Å². The molecule has 0 aliphatic heterocycles. The first-order valence-corrected chi connectivity index (χ1v) is 10.1. The minimum Gasteiger partial charge on any atom is -0.489 e. The SMILES string of the molecule is CCOC1(C(=O)Nc2ccc(OC(C)C)c3ncccc23)CCCCCC1. The number of nitrogens with one attached hydrogen (secondary N) is 1. The second-order valence-electron chi connectivity index (χ2n) is 7.47. The lowest BCUT2D eigenvalue weighted by Crippen LogP contribution is -2.45. The monoisotopic (exact) mass is 370 g/mol. The maximum atomic E-state index is 13.3. The smallest absolute Gasteiger partial charge is 0.256 e. The molecule has 1 aliphatic carbocycles. The van der Waals surface area contributed by atoms with Gasteiger partial charge in [0.15, 0.2) is 0 Å². The van der Waals surface area contributed by atoms with Crippen LogP contribution in [0.5, 0.6) is 5.75 Å². The third-order valence-corrected chi connectivity index (χ3v) is 5.09. The molecular weight excluding hydrogens is 340 g/mol. The van der Waals surface area contributed by atoms with Crippen LogP contribution in [-0.2, 0) is 9.53 Å². The molecule has 0 atom stereocenters. The molecule has 5 nitrogen and oxygen atoms in total. The molecule has 27 heavy (non-hydrogen) atoms. The van der Waals surface area contributed by atoms with Crippen LogP contribution in [0.1, 0.15) is 59.3 Å². The third kappa shape index (κ3) is 4.41. The van der Waals surface area contributed by atoms with Crippen molar-refractivity contribution in [2.75, 3.05) is 11.9 Å². The van der Waals surface area contributed by atoms with Gasteiger partial charge in [-0.15, -0.1) is 0 Å². The Labute approximate surface area is 161 Å². The van der Waals surface area contributed by atoms with Crippen molar-refractivity contribution in [3.8, 4) is 5.75 Å². The number of hydrogen-bond donors (Lipinski definition) is 1. The maximum absolute atomic E-state index is 13.3. The van der Waals surface area contributed by atoms with Gasteiger partial charge >= 0.3 is 0 Å². The summed E-state index contributed by atoms with van der Waals surface area (Å²) in [6.45, 7) is 6.47. The second-order valence-corrected chi connectivity index (χ2v) is 7.47. The van der Waals surface area contributed by atoms with Gasteiger partial charge in [-0.25, -0.2) is 0 Å². The minimum absolute atomic E-state index is 0.0473. The highest BCUT2D eigenvalue weighted by Gasteiger charge is 2.39. The number of nitrogens with zero attached hydrogens (tertiary/aromatic N) is 1. The van der Waals surface area contributed by atoms with Crippen LogP contribution >= 0.6 is 0 Å². The molecule has 0 spiro atoms. The van der Waals surface area contributed by atoms with E-state index in [1.807, 2.05) is 45.0 Å². The Balaban J connectivity index is 1.92. The van der Waals surface area contributed by atoms with Crippen LogP contribution in [0.4, 0.5) is 5.69 Å². The molecule has 146 valence electrons. The average molecular weight is 370 g/mol. The Morgan fingerprint density at radius 2 is 1.93 bits per heavy atom. The number of aromatic nitrogens is 1. The summed E-state index contributed by atoms with van der Waals surface area (Å²) >= 11 is 0. The molecule has 1 fully saturated rings. The van der Waals surface area contributed by atoms with Gasteiger partial charge in [-0.1, -0.05) is 25.7 Å². The number of hydrogen-bond acceptors (Lipinski definition) is 4. The van der Waals surface area contributed by atoms with Gasteiger partial charge in [0.05, 0.1) is 11.8 Å². The second kappa shape index (κ2) is 8.70. The number of rotatable bonds is 6. The van der Waals surface area contributed by atoms with Gasteiger partial charge < -0.3 is 14.8 Å². The number of benzene rings is 1. The summed E-state index contributed by atoms with van der Waals surface area (Å²) in [6.07, 6.45) is 7.73. The van der Waals surface area contributed by atoms with Crippen LogP contribution in [0.25, 0.3) is 10.9 Å². The predicted octanol–water partition coefficient (Wildman–Crippen LogP) is 5.09. The fourth-order valence-corrected chi connectivity index (χ4v) is 3.85. The Kier molecular flexibility index (Phi) is 6.32. The predicted molar refractivity (Wildman–Crippen MR) is 108 cm³/mol. The van der Waals surface area contributed by atoms with Gasteiger partial charge in [-0.3, -0.25) is 9.78 Å². The highest BCUT2D eigenvalue weighted by atomic mass is 16.5. The van der Waals surface area contributed by atoms with E-state index in [1.165, 1.54) is 0 Å². The van der Waals surface area contributed by atoms with Crippen LogP contribution in [0.3, 0.4) is 0 Å². The molecular formula is C22H30N2O3. The summed E-state index contributed by atoms with van der Waals surface area (Å²) in [6, 6.07) is 7.62. The zero-order valence-corrected chi connectivity index (χ0v) is 16.6. The fraction of sp³-hybridized carbons (Fsp3) is 0.545. The minimum atomic E-state index is -0.729.